The third-order valence-corrected chi connectivity index (χ3v) is 10.3. The van der Waals surface area contributed by atoms with Crippen molar-refractivity contribution in [2.75, 3.05) is 11.4 Å². The Hall–Kier alpha value is -3.29. The first-order valence-corrected chi connectivity index (χ1v) is 14.0. The van der Waals surface area contributed by atoms with E-state index in [1.807, 2.05) is 0 Å². The van der Waals surface area contributed by atoms with Crippen LogP contribution >= 0.6 is 23.2 Å². The molecule has 2 aromatic rings. The van der Waals surface area contributed by atoms with Gasteiger partial charge in [-0.3, -0.25) is 24.1 Å². The average Bonchev–Trinajstić information content (AvgIpc) is 3.59. The Morgan fingerprint density at radius 2 is 1.56 bits per heavy atom. The van der Waals surface area contributed by atoms with Crippen molar-refractivity contribution in [3.8, 4) is 0 Å². The molecule has 1 aromatic carbocycles. The van der Waals surface area contributed by atoms with Gasteiger partial charge in [0.2, 0.25) is 17.6 Å². The number of likely N-dealkylation sites (tertiary alicyclic amines) is 1. The molecular formula is C28H21Cl2F5N2O6. The van der Waals surface area contributed by atoms with Crippen molar-refractivity contribution in [1.29, 1.82) is 0 Å². The van der Waals surface area contributed by atoms with Crippen molar-refractivity contribution >= 4 is 52.5 Å². The number of amides is 4. The molecule has 1 aromatic heterocycles. The minimum atomic E-state index is -2.67. The molecular weight excluding hydrogens is 626 g/mol. The molecule has 6 unspecified atom stereocenters. The molecule has 8 nitrogen and oxygen atoms in total. The number of benzene rings is 1. The van der Waals surface area contributed by atoms with E-state index in [0.29, 0.717) is 6.42 Å². The van der Waals surface area contributed by atoms with Gasteiger partial charge in [-0.1, -0.05) is 18.6 Å². The van der Waals surface area contributed by atoms with Crippen LogP contribution in [0.1, 0.15) is 43.6 Å². The molecule has 1 N–H and O–H groups in total. The predicted octanol–water partition coefficient (Wildman–Crippen LogP) is 4.44. The number of hydrogen-bond acceptors (Lipinski definition) is 6. The third-order valence-electron chi connectivity index (χ3n) is 8.88. The molecule has 3 heterocycles. The van der Waals surface area contributed by atoms with Crippen LogP contribution in [0.3, 0.4) is 0 Å². The van der Waals surface area contributed by atoms with Crippen molar-refractivity contribution < 1.29 is 50.7 Å². The van der Waals surface area contributed by atoms with Crippen LogP contribution in [0.15, 0.2) is 28.2 Å². The lowest BCUT2D eigenvalue weighted by atomic mass is 9.57. The number of imide groups is 2. The van der Waals surface area contributed by atoms with Crippen molar-refractivity contribution in [2.45, 2.75) is 48.5 Å². The summed E-state index contributed by atoms with van der Waals surface area (Å²) in [6.45, 7) is 1.31. The van der Waals surface area contributed by atoms with E-state index in [-0.39, 0.29) is 35.0 Å². The Morgan fingerprint density at radius 3 is 2.14 bits per heavy atom. The molecule has 4 aliphatic rings. The quantitative estimate of drug-likeness (QED) is 0.129. The molecule has 2 aliphatic carbocycles. The first kappa shape index (κ1) is 29.8. The Kier molecular flexibility index (Phi) is 6.83. The molecule has 0 radical (unpaired) electrons. The molecule has 1 saturated carbocycles. The van der Waals surface area contributed by atoms with Gasteiger partial charge in [0.25, 0.3) is 11.8 Å². The highest BCUT2D eigenvalue weighted by Gasteiger charge is 2.77. The fourth-order valence-electron chi connectivity index (χ4n) is 7.02. The smallest absolute Gasteiger partial charge is 0.258 e. The molecule has 3 fully saturated rings. The number of alkyl halides is 2. The molecule has 0 spiro atoms. The van der Waals surface area contributed by atoms with Gasteiger partial charge in [0.1, 0.15) is 23.8 Å². The number of rotatable bonds is 5. The van der Waals surface area contributed by atoms with E-state index < -0.39 is 105 Å². The minimum Gasteiger partial charge on any atom is -0.463 e. The average molecular weight is 647 g/mol. The van der Waals surface area contributed by atoms with Crippen molar-refractivity contribution in [3.05, 3.63) is 64.4 Å². The molecule has 2 aliphatic heterocycles. The van der Waals surface area contributed by atoms with Crippen molar-refractivity contribution in [3.63, 3.8) is 0 Å². The normalized spacial score (nSPS) is 31.9. The number of hydrogen-bond donors (Lipinski definition) is 1. The van der Waals surface area contributed by atoms with Crippen LogP contribution in [-0.4, -0.2) is 49.9 Å². The number of carbonyl (C=O) groups excluding carboxylic acids is 4. The second-order valence-corrected chi connectivity index (χ2v) is 12.2. The van der Waals surface area contributed by atoms with Gasteiger partial charge >= 0.3 is 0 Å². The first-order chi connectivity index (χ1) is 20.3. The van der Waals surface area contributed by atoms with E-state index in [9.17, 15) is 46.2 Å². The number of carbonyl (C=O) groups is 4. The van der Waals surface area contributed by atoms with Crippen LogP contribution in [0.2, 0.25) is 0 Å². The van der Waals surface area contributed by atoms with Crippen LogP contribution in [-0.2, 0) is 25.8 Å². The number of halogens is 7. The zero-order chi connectivity index (χ0) is 31.3. The Bertz CT molecular complexity index is 1630. The molecule has 43 heavy (non-hydrogen) atoms. The Morgan fingerprint density at radius 1 is 0.930 bits per heavy atom. The molecule has 15 heteroatoms. The summed E-state index contributed by atoms with van der Waals surface area (Å²) in [7, 11) is 0. The van der Waals surface area contributed by atoms with Gasteiger partial charge in [-0.05, 0) is 37.3 Å². The van der Waals surface area contributed by atoms with Gasteiger partial charge in [-0.25, -0.2) is 26.9 Å². The van der Waals surface area contributed by atoms with E-state index >= 15 is 0 Å². The van der Waals surface area contributed by atoms with E-state index in [1.165, 1.54) is 12.1 Å². The lowest BCUT2D eigenvalue weighted by Gasteiger charge is -2.49. The number of anilines is 1. The molecule has 6 atom stereocenters. The summed E-state index contributed by atoms with van der Waals surface area (Å²) in [5.41, 5.74) is -1.59. The Labute approximate surface area is 250 Å². The summed E-state index contributed by atoms with van der Waals surface area (Å²) in [6, 6.07) is 2.65. The first-order valence-electron chi connectivity index (χ1n) is 13.3. The minimum absolute atomic E-state index is 0.00137. The summed E-state index contributed by atoms with van der Waals surface area (Å²) in [6.07, 6.45) is 1.48. The van der Waals surface area contributed by atoms with Gasteiger partial charge in [-0.15, -0.1) is 23.2 Å². The standard InChI is InChI=1S/C28H21Cl2F5N2O6/c1-2-7-36-23(39)12-5-4-11-13(15(12)24(36)40)8-27(29)25(41)37(22-20(34)18(32)17(31)19(33)21(22)35)26(42)28(27,30)16(11)14-6-3-10(9-38)43-14/h3-4,6,12-13,15-16,38H,2,5,7-9H2,1H3. The van der Waals surface area contributed by atoms with Gasteiger partial charge in [0, 0.05) is 6.54 Å². The monoisotopic (exact) mass is 646 g/mol. The summed E-state index contributed by atoms with van der Waals surface area (Å²) in [5.74, 6) is -20.9. The van der Waals surface area contributed by atoms with Crippen LogP contribution < -0.4 is 4.90 Å². The number of fused-ring (bicyclic) bond motifs is 4. The second kappa shape index (κ2) is 9.86. The zero-order valence-corrected chi connectivity index (χ0v) is 23.6. The molecule has 228 valence electrons. The summed E-state index contributed by atoms with van der Waals surface area (Å²) >= 11 is 13.9. The third kappa shape index (κ3) is 3.64. The predicted molar refractivity (Wildman–Crippen MR) is 138 cm³/mol. The summed E-state index contributed by atoms with van der Waals surface area (Å²) in [5, 5.41) is 9.60. The maximum absolute atomic E-state index is 15.0. The lowest BCUT2D eigenvalue weighted by molar-refractivity contribution is -0.140. The number of aliphatic hydroxyl groups excluding tert-OH is 1. The summed E-state index contributed by atoms with van der Waals surface area (Å²) in [4.78, 5) is 50.3. The van der Waals surface area contributed by atoms with Crippen LogP contribution in [0, 0.1) is 46.8 Å². The largest absolute Gasteiger partial charge is 0.463 e. The maximum atomic E-state index is 15.0. The van der Waals surface area contributed by atoms with Crippen LogP contribution in [0.5, 0.6) is 0 Å². The van der Waals surface area contributed by atoms with E-state index in [0.717, 1.165) is 4.90 Å². The van der Waals surface area contributed by atoms with Crippen molar-refractivity contribution in [2.24, 2.45) is 17.8 Å². The highest BCUT2D eigenvalue weighted by atomic mass is 35.5. The highest BCUT2D eigenvalue weighted by Crippen LogP contribution is 2.66. The van der Waals surface area contributed by atoms with Gasteiger partial charge in [-0.2, -0.15) is 0 Å². The number of aliphatic hydroxyl groups is 1. The Balaban J connectivity index is 1.57. The zero-order valence-electron chi connectivity index (χ0n) is 22.1. The molecule has 6 rings (SSSR count). The van der Waals surface area contributed by atoms with E-state index in [4.69, 9.17) is 27.6 Å². The molecule has 2 saturated heterocycles. The van der Waals surface area contributed by atoms with Crippen molar-refractivity contribution in [1.82, 2.24) is 4.90 Å². The van der Waals surface area contributed by atoms with Crippen LogP contribution in [0.25, 0.3) is 0 Å². The SMILES string of the molecule is CCCN1C(=O)C2CC=C3C(CC4(Cl)C(=O)N(c5c(F)c(F)c(F)c(F)c5F)C(=O)C4(Cl)C3c3ccc(CO)o3)C2C1=O. The highest BCUT2D eigenvalue weighted by molar-refractivity contribution is 6.58. The molecule has 4 amide bonds. The lowest BCUT2D eigenvalue weighted by Crippen LogP contribution is -2.60. The fourth-order valence-corrected chi connectivity index (χ4v) is 7.94. The number of furan rings is 1. The number of allylic oxidation sites excluding steroid dienone is 2. The van der Waals surface area contributed by atoms with Crippen LogP contribution in [0.4, 0.5) is 27.6 Å². The second-order valence-electron chi connectivity index (χ2n) is 11.0. The van der Waals surface area contributed by atoms with E-state index in [2.05, 4.69) is 0 Å². The van der Waals surface area contributed by atoms with E-state index in [1.54, 1.807) is 13.0 Å². The topological polar surface area (TPSA) is 108 Å². The number of nitrogens with zero attached hydrogens (tertiary/aromatic N) is 2. The van der Waals surface area contributed by atoms with Gasteiger partial charge in [0.05, 0.1) is 17.8 Å². The van der Waals surface area contributed by atoms with Gasteiger partial charge < -0.3 is 9.52 Å². The fraction of sp³-hybridized carbons (Fsp3) is 0.429. The molecule has 0 bridgehead atoms. The van der Waals surface area contributed by atoms with Gasteiger partial charge in [0.15, 0.2) is 33.0 Å². The summed E-state index contributed by atoms with van der Waals surface area (Å²) < 4.78 is 78.0. The maximum Gasteiger partial charge on any atom is 0.258 e.